The average Bonchev–Trinajstić information content (AvgIpc) is 2.47. The zero-order valence-corrected chi connectivity index (χ0v) is 13.9. The number of benzene rings is 2. The van der Waals surface area contributed by atoms with Crippen molar-refractivity contribution < 1.29 is 4.74 Å². The Balaban J connectivity index is 1.84. The van der Waals surface area contributed by atoms with E-state index in [0.29, 0.717) is 6.61 Å². The number of hydrogen-bond acceptors (Lipinski definition) is 2. The number of halogens is 1. The molecule has 0 aromatic heterocycles. The van der Waals surface area contributed by atoms with Gasteiger partial charge in [0.25, 0.3) is 0 Å². The number of nitrogens with one attached hydrogen (secondary N) is 1. The molecule has 0 fully saturated rings. The molecule has 0 spiro atoms. The van der Waals surface area contributed by atoms with Crippen LogP contribution >= 0.6 is 22.6 Å². The van der Waals surface area contributed by atoms with E-state index in [1.807, 2.05) is 18.2 Å². The van der Waals surface area contributed by atoms with Crippen molar-refractivity contribution in [2.24, 2.45) is 0 Å². The summed E-state index contributed by atoms with van der Waals surface area (Å²) in [4.78, 5) is 0. The van der Waals surface area contributed by atoms with Gasteiger partial charge in [0.1, 0.15) is 12.4 Å². The molecule has 1 N–H and O–H groups in total. The van der Waals surface area contributed by atoms with Crippen LogP contribution in [0, 0.1) is 3.57 Å². The zero-order valence-electron chi connectivity index (χ0n) is 11.7. The van der Waals surface area contributed by atoms with Crippen molar-refractivity contribution >= 4 is 22.6 Å². The third-order valence-electron chi connectivity index (χ3n) is 3.07. The second kappa shape index (κ2) is 8.27. The first-order valence-electron chi connectivity index (χ1n) is 6.95. The highest BCUT2D eigenvalue weighted by Crippen LogP contribution is 2.16. The maximum absolute atomic E-state index is 5.79. The van der Waals surface area contributed by atoms with Crippen molar-refractivity contribution in [3.05, 3.63) is 63.2 Å². The normalized spacial score (nSPS) is 10.5. The Morgan fingerprint density at radius 3 is 2.50 bits per heavy atom. The van der Waals surface area contributed by atoms with Gasteiger partial charge in [0.15, 0.2) is 0 Å². The summed E-state index contributed by atoms with van der Waals surface area (Å²) in [7, 11) is 0. The van der Waals surface area contributed by atoms with E-state index in [-0.39, 0.29) is 0 Å². The van der Waals surface area contributed by atoms with Gasteiger partial charge >= 0.3 is 0 Å². The molecule has 0 aliphatic rings. The van der Waals surface area contributed by atoms with Crippen molar-refractivity contribution in [2.75, 3.05) is 13.1 Å². The van der Waals surface area contributed by atoms with E-state index < -0.39 is 0 Å². The van der Waals surface area contributed by atoms with Crippen LogP contribution in [0.4, 0.5) is 0 Å². The van der Waals surface area contributed by atoms with Gasteiger partial charge in [-0.05, 0) is 71.4 Å². The van der Waals surface area contributed by atoms with Crippen molar-refractivity contribution in [1.82, 2.24) is 5.32 Å². The Kier molecular flexibility index (Phi) is 6.33. The molecule has 0 radical (unpaired) electrons. The summed E-state index contributed by atoms with van der Waals surface area (Å²) in [5.41, 5.74) is 2.57. The predicted octanol–water partition coefficient (Wildman–Crippen LogP) is 4.02. The lowest BCUT2D eigenvalue weighted by Crippen LogP contribution is -2.15. The minimum absolute atomic E-state index is 0.619. The second-order valence-corrected chi connectivity index (χ2v) is 5.91. The Labute approximate surface area is 134 Å². The van der Waals surface area contributed by atoms with Crippen molar-refractivity contribution in [3.63, 3.8) is 0 Å². The van der Waals surface area contributed by atoms with Crippen molar-refractivity contribution in [2.45, 2.75) is 20.0 Å². The first-order chi connectivity index (χ1) is 9.78. The Morgan fingerprint density at radius 2 is 1.80 bits per heavy atom. The fraction of sp³-hybridized carbons (Fsp3) is 0.294. The molecule has 2 rings (SSSR count). The summed E-state index contributed by atoms with van der Waals surface area (Å²) in [6.45, 7) is 4.81. The second-order valence-electron chi connectivity index (χ2n) is 4.67. The van der Waals surface area contributed by atoms with Gasteiger partial charge in [-0.15, -0.1) is 0 Å². The lowest BCUT2D eigenvalue weighted by molar-refractivity contribution is 0.306. The highest BCUT2D eigenvalue weighted by atomic mass is 127. The highest BCUT2D eigenvalue weighted by molar-refractivity contribution is 14.1. The first kappa shape index (κ1) is 15.3. The van der Waals surface area contributed by atoms with Crippen LogP contribution in [0.25, 0.3) is 0 Å². The van der Waals surface area contributed by atoms with Crippen LogP contribution in [0.2, 0.25) is 0 Å². The summed E-state index contributed by atoms with van der Waals surface area (Å²) in [6.07, 6.45) is 1.08. The number of likely N-dealkylation sites (N-methyl/N-ethyl adjacent to an activating group) is 1. The van der Waals surface area contributed by atoms with E-state index in [4.69, 9.17) is 4.74 Å². The van der Waals surface area contributed by atoms with Gasteiger partial charge in [-0.25, -0.2) is 0 Å². The molecule has 2 nitrogen and oxygen atoms in total. The lowest BCUT2D eigenvalue weighted by atomic mass is 10.1. The summed E-state index contributed by atoms with van der Waals surface area (Å²) >= 11 is 2.29. The third kappa shape index (κ3) is 5.13. The van der Waals surface area contributed by atoms with Crippen LogP contribution in [0.1, 0.15) is 18.1 Å². The average molecular weight is 381 g/mol. The fourth-order valence-corrected chi connectivity index (χ4v) is 2.45. The molecule has 0 aliphatic heterocycles. The van der Waals surface area contributed by atoms with Crippen LogP contribution < -0.4 is 10.1 Å². The SMILES string of the molecule is CCNCCc1ccc(COc2cccc(I)c2)cc1. The van der Waals surface area contributed by atoms with Gasteiger partial charge in [-0.3, -0.25) is 0 Å². The molecule has 0 aliphatic carbocycles. The van der Waals surface area contributed by atoms with Crippen LogP contribution in [0.5, 0.6) is 5.75 Å². The molecule has 0 bridgehead atoms. The first-order valence-corrected chi connectivity index (χ1v) is 8.02. The van der Waals surface area contributed by atoms with Crippen molar-refractivity contribution in [1.29, 1.82) is 0 Å². The maximum atomic E-state index is 5.79. The summed E-state index contributed by atoms with van der Waals surface area (Å²) in [6, 6.07) is 16.8. The molecule has 0 saturated carbocycles. The fourth-order valence-electron chi connectivity index (χ4n) is 1.94. The van der Waals surface area contributed by atoms with Gasteiger partial charge in [0, 0.05) is 3.57 Å². The molecular weight excluding hydrogens is 361 g/mol. The quantitative estimate of drug-likeness (QED) is 0.578. The minimum Gasteiger partial charge on any atom is -0.489 e. The van der Waals surface area contributed by atoms with Gasteiger partial charge in [-0.2, -0.15) is 0 Å². The summed E-state index contributed by atoms with van der Waals surface area (Å²) < 4.78 is 6.99. The molecule has 0 heterocycles. The third-order valence-corrected chi connectivity index (χ3v) is 3.74. The Bertz CT molecular complexity index is 525. The monoisotopic (exact) mass is 381 g/mol. The Morgan fingerprint density at radius 1 is 1.05 bits per heavy atom. The molecule has 2 aromatic carbocycles. The lowest BCUT2D eigenvalue weighted by Gasteiger charge is -2.08. The van der Waals surface area contributed by atoms with Gasteiger partial charge in [0.2, 0.25) is 0 Å². The molecule has 0 amide bonds. The molecule has 3 heteroatoms. The van der Waals surface area contributed by atoms with E-state index in [1.165, 1.54) is 14.7 Å². The molecule has 106 valence electrons. The number of rotatable bonds is 7. The molecule has 20 heavy (non-hydrogen) atoms. The summed E-state index contributed by atoms with van der Waals surface area (Å²) in [5, 5.41) is 3.34. The van der Waals surface area contributed by atoms with E-state index in [9.17, 15) is 0 Å². The van der Waals surface area contributed by atoms with Gasteiger partial charge < -0.3 is 10.1 Å². The van der Waals surface area contributed by atoms with Crippen LogP contribution in [0.3, 0.4) is 0 Å². The minimum atomic E-state index is 0.619. The highest BCUT2D eigenvalue weighted by Gasteiger charge is 1.98. The molecule has 2 aromatic rings. The largest absolute Gasteiger partial charge is 0.489 e. The van der Waals surface area contributed by atoms with Crippen molar-refractivity contribution in [3.8, 4) is 5.75 Å². The van der Waals surface area contributed by atoms with E-state index in [1.54, 1.807) is 0 Å². The van der Waals surface area contributed by atoms with Crippen LogP contribution in [-0.4, -0.2) is 13.1 Å². The van der Waals surface area contributed by atoms with E-state index in [0.717, 1.165) is 25.3 Å². The summed E-state index contributed by atoms with van der Waals surface area (Å²) in [5.74, 6) is 0.924. The zero-order chi connectivity index (χ0) is 14.2. The predicted molar refractivity (Wildman–Crippen MR) is 92.2 cm³/mol. The Hall–Kier alpha value is -1.07. The van der Waals surface area contributed by atoms with Gasteiger partial charge in [0.05, 0.1) is 0 Å². The molecule has 0 atom stereocenters. The maximum Gasteiger partial charge on any atom is 0.120 e. The van der Waals surface area contributed by atoms with Crippen LogP contribution in [0.15, 0.2) is 48.5 Å². The number of hydrogen-bond donors (Lipinski definition) is 1. The topological polar surface area (TPSA) is 21.3 Å². The van der Waals surface area contributed by atoms with E-state index >= 15 is 0 Å². The molecule has 0 unspecified atom stereocenters. The molecular formula is C17H20INO. The smallest absolute Gasteiger partial charge is 0.120 e. The molecule has 0 saturated heterocycles. The number of ether oxygens (including phenoxy) is 1. The van der Waals surface area contributed by atoms with Gasteiger partial charge in [-0.1, -0.05) is 37.3 Å². The standard InChI is InChI=1S/C17H20INO/c1-2-19-11-10-14-6-8-15(9-7-14)13-20-17-5-3-4-16(18)12-17/h3-9,12,19H,2,10-11,13H2,1H3. The van der Waals surface area contributed by atoms with Crippen LogP contribution in [-0.2, 0) is 13.0 Å². The van der Waals surface area contributed by atoms with E-state index in [2.05, 4.69) is 65.2 Å².